The molecule has 0 saturated carbocycles. The maximum atomic E-state index is 12.6. The molecule has 1 fully saturated rings. The number of carbonyl (C=O) groups excluding carboxylic acids is 2. The number of carbonyl (C=O) groups is 2. The summed E-state index contributed by atoms with van der Waals surface area (Å²) >= 11 is 0.341. The normalized spacial score (nSPS) is 14.2. The van der Waals surface area contributed by atoms with Crippen LogP contribution in [0.15, 0.2) is 53.4 Å². The van der Waals surface area contributed by atoms with Crippen LogP contribution in [0.25, 0.3) is 0 Å². The van der Waals surface area contributed by atoms with Crippen LogP contribution in [0.3, 0.4) is 0 Å². The van der Waals surface area contributed by atoms with E-state index in [0.29, 0.717) is 30.4 Å². The summed E-state index contributed by atoms with van der Waals surface area (Å²) in [6.45, 7) is 0.657. The van der Waals surface area contributed by atoms with Crippen LogP contribution in [0.2, 0.25) is 0 Å². The van der Waals surface area contributed by atoms with Gasteiger partial charge in [0.2, 0.25) is 5.91 Å². The molecular formula is C18H16F2N2O2S. The minimum Gasteiger partial charge on any atom is -0.322 e. The van der Waals surface area contributed by atoms with Gasteiger partial charge in [-0.3, -0.25) is 9.59 Å². The second kappa shape index (κ2) is 7.65. The predicted molar refractivity (Wildman–Crippen MR) is 94.3 cm³/mol. The van der Waals surface area contributed by atoms with Crippen molar-refractivity contribution >= 4 is 35.0 Å². The quantitative estimate of drug-likeness (QED) is 0.803. The molecule has 130 valence electrons. The molecule has 2 aromatic rings. The lowest BCUT2D eigenvalue weighted by molar-refractivity contribution is -0.117. The molecule has 0 bridgehead atoms. The molecule has 3 rings (SSSR count). The van der Waals surface area contributed by atoms with Gasteiger partial charge < -0.3 is 10.2 Å². The second-order valence-corrected chi connectivity index (χ2v) is 6.56. The van der Waals surface area contributed by atoms with Crippen LogP contribution in [0, 0.1) is 0 Å². The molecule has 4 nitrogen and oxygen atoms in total. The summed E-state index contributed by atoms with van der Waals surface area (Å²) < 4.78 is 25.3. The number of rotatable bonds is 5. The maximum Gasteiger partial charge on any atom is 0.288 e. The molecule has 25 heavy (non-hydrogen) atoms. The molecule has 1 N–H and O–H groups in total. The van der Waals surface area contributed by atoms with Crippen molar-refractivity contribution < 1.29 is 18.4 Å². The highest BCUT2D eigenvalue weighted by atomic mass is 32.2. The van der Waals surface area contributed by atoms with Gasteiger partial charge in [0.1, 0.15) is 0 Å². The van der Waals surface area contributed by atoms with Crippen LogP contribution in [0.1, 0.15) is 23.2 Å². The monoisotopic (exact) mass is 362 g/mol. The highest BCUT2D eigenvalue weighted by molar-refractivity contribution is 7.99. The average molecular weight is 362 g/mol. The Morgan fingerprint density at radius 2 is 1.96 bits per heavy atom. The van der Waals surface area contributed by atoms with Crippen LogP contribution < -0.4 is 10.2 Å². The number of alkyl halides is 2. The van der Waals surface area contributed by atoms with Gasteiger partial charge >= 0.3 is 0 Å². The van der Waals surface area contributed by atoms with Crippen molar-refractivity contribution in [3.8, 4) is 0 Å². The summed E-state index contributed by atoms with van der Waals surface area (Å²) in [4.78, 5) is 26.2. The molecule has 2 amide bonds. The topological polar surface area (TPSA) is 49.4 Å². The molecule has 1 heterocycles. The van der Waals surface area contributed by atoms with E-state index in [1.165, 1.54) is 12.1 Å². The van der Waals surface area contributed by atoms with E-state index in [1.54, 1.807) is 41.3 Å². The molecule has 7 heteroatoms. The third kappa shape index (κ3) is 4.17. The fraction of sp³-hybridized carbons (Fsp3) is 0.222. The summed E-state index contributed by atoms with van der Waals surface area (Å²) in [5, 5.41) is 2.72. The molecule has 0 atom stereocenters. The van der Waals surface area contributed by atoms with Crippen molar-refractivity contribution in [1.82, 2.24) is 0 Å². The van der Waals surface area contributed by atoms with Crippen LogP contribution >= 0.6 is 11.8 Å². The lowest BCUT2D eigenvalue weighted by atomic mass is 10.2. The number of hydrogen-bond donors (Lipinski definition) is 1. The van der Waals surface area contributed by atoms with Gasteiger partial charge in [0.25, 0.3) is 11.7 Å². The van der Waals surface area contributed by atoms with Crippen molar-refractivity contribution in [3.63, 3.8) is 0 Å². The highest BCUT2D eigenvalue weighted by Gasteiger charge is 2.22. The van der Waals surface area contributed by atoms with Crippen molar-refractivity contribution in [1.29, 1.82) is 0 Å². The number of nitrogens with one attached hydrogen (secondary N) is 1. The lowest BCUT2D eigenvalue weighted by Gasteiger charge is -2.17. The maximum absolute atomic E-state index is 12.6. The summed E-state index contributed by atoms with van der Waals surface area (Å²) in [6, 6.07) is 13.2. The van der Waals surface area contributed by atoms with E-state index in [2.05, 4.69) is 5.32 Å². The zero-order chi connectivity index (χ0) is 17.8. The Labute approximate surface area is 148 Å². The Balaban J connectivity index is 1.79. The molecule has 0 radical (unpaired) electrons. The van der Waals surface area contributed by atoms with E-state index < -0.39 is 11.7 Å². The third-order valence-electron chi connectivity index (χ3n) is 3.84. The Hall–Kier alpha value is -2.41. The largest absolute Gasteiger partial charge is 0.322 e. The van der Waals surface area contributed by atoms with E-state index in [0.717, 1.165) is 12.1 Å². The van der Waals surface area contributed by atoms with E-state index >= 15 is 0 Å². The Bertz CT molecular complexity index is 798. The molecule has 1 saturated heterocycles. The fourth-order valence-electron chi connectivity index (χ4n) is 2.72. The number of nitrogens with zero attached hydrogens (tertiary/aromatic N) is 1. The molecule has 2 aromatic carbocycles. The molecular weight excluding hydrogens is 346 g/mol. The van der Waals surface area contributed by atoms with Gasteiger partial charge in [0, 0.05) is 29.2 Å². The summed E-state index contributed by atoms with van der Waals surface area (Å²) in [7, 11) is 0. The standard InChI is InChI=1S/C18H16F2N2O2S/c19-18(20)25-15-8-2-1-7-14(15)17(24)21-12-5-3-6-13(11-12)22-10-4-9-16(22)23/h1-3,5-8,11,18H,4,9-10H2,(H,21,24). The van der Waals surface area contributed by atoms with E-state index in [4.69, 9.17) is 0 Å². The first-order chi connectivity index (χ1) is 12.0. The van der Waals surface area contributed by atoms with Crippen LogP contribution in [0.5, 0.6) is 0 Å². The van der Waals surface area contributed by atoms with Crippen molar-refractivity contribution in [3.05, 3.63) is 54.1 Å². The first-order valence-electron chi connectivity index (χ1n) is 7.80. The number of amides is 2. The van der Waals surface area contributed by atoms with Gasteiger partial charge in [-0.05, 0) is 36.8 Å². The molecule has 1 aliphatic rings. The van der Waals surface area contributed by atoms with Gasteiger partial charge in [-0.2, -0.15) is 8.78 Å². The van der Waals surface area contributed by atoms with Crippen molar-refractivity contribution in [2.75, 3.05) is 16.8 Å². The molecule has 1 aliphatic heterocycles. The molecule has 0 aliphatic carbocycles. The molecule has 0 aromatic heterocycles. The van der Waals surface area contributed by atoms with E-state index in [1.807, 2.05) is 0 Å². The van der Waals surface area contributed by atoms with Gasteiger partial charge in [-0.15, -0.1) is 0 Å². The Morgan fingerprint density at radius 1 is 1.16 bits per heavy atom. The van der Waals surface area contributed by atoms with Crippen LogP contribution in [-0.2, 0) is 4.79 Å². The SMILES string of the molecule is O=C(Nc1cccc(N2CCCC2=O)c1)c1ccccc1SC(F)F. The first kappa shape index (κ1) is 17.4. The summed E-state index contributed by atoms with van der Waals surface area (Å²) in [5.74, 6) is -3.01. The third-order valence-corrected chi connectivity index (χ3v) is 4.62. The number of thioether (sulfide) groups is 1. The zero-order valence-corrected chi connectivity index (χ0v) is 14.1. The molecule has 0 unspecified atom stereocenters. The number of hydrogen-bond acceptors (Lipinski definition) is 3. The first-order valence-corrected chi connectivity index (χ1v) is 8.68. The number of halogens is 2. The Morgan fingerprint density at radius 3 is 2.68 bits per heavy atom. The minimum atomic E-state index is -2.60. The second-order valence-electron chi connectivity index (χ2n) is 5.53. The smallest absolute Gasteiger partial charge is 0.288 e. The van der Waals surface area contributed by atoms with Gasteiger partial charge in [-0.1, -0.05) is 30.0 Å². The lowest BCUT2D eigenvalue weighted by Crippen LogP contribution is -2.23. The van der Waals surface area contributed by atoms with E-state index in [9.17, 15) is 18.4 Å². The van der Waals surface area contributed by atoms with Crippen LogP contribution in [0.4, 0.5) is 20.2 Å². The van der Waals surface area contributed by atoms with Gasteiger partial charge in [0.15, 0.2) is 0 Å². The van der Waals surface area contributed by atoms with Crippen LogP contribution in [-0.4, -0.2) is 24.1 Å². The van der Waals surface area contributed by atoms with Crippen molar-refractivity contribution in [2.45, 2.75) is 23.5 Å². The van der Waals surface area contributed by atoms with E-state index in [-0.39, 0.29) is 16.4 Å². The predicted octanol–water partition coefficient (Wildman–Crippen LogP) is 4.38. The summed E-state index contributed by atoms with van der Waals surface area (Å²) in [5.41, 5.74) is 1.42. The number of anilines is 2. The van der Waals surface area contributed by atoms with Gasteiger partial charge in [-0.25, -0.2) is 0 Å². The average Bonchev–Trinajstić information content (AvgIpc) is 3.01. The zero-order valence-electron chi connectivity index (χ0n) is 13.2. The molecule has 0 spiro atoms. The Kier molecular flexibility index (Phi) is 5.33. The highest BCUT2D eigenvalue weighted by Crippen LogP contribution is 2.29. The minimum absolute atomic E-state index is 0.0576. The fourth-order valence-corrected chi connectivity index (χ4v) is 3.36. The summed E-state index contributed by atoms with van der Waals surface area (Å²) in [6.07, 6.45) is 1.34. The van der Waals surface area contributed by atoms with Crippen molar-refractivity contribution in [2.24, 2.45) is 0 Å². The number of benzene rings is 2. The van der Waals surface area contributed by atoms with Gasteiger partial charge in [0.05, 0.1) is 5.56 Å².